The van der Waals surface area contributed by atoms with Crippen molar-refractivity contribution in [2.75, 3.05) is 26.9 Å². The highest BCUT2D eigenvalue weighted by Crippen LogP contribution is 2.53. The van der Waals surface area contributed by atoms with E-state index in [-0.39, 0.29) is 26.2 Å². The molecule has 1 saturated heterocycles. The Morgan fingerprint density at radius 1 is 1.41 bits per heavy atom. The second-order valence-corrected chi connectivity index (χ2v) is 10.7. The van der Waals surface area contributed by atoms with Gasteiger partial charge in [0.05, 0.1) is 37.9 Å². The van der Waals surface area contributed by atoms with E-state index in [1.165, 1.54) is 25.4 Å². The Morgan fingerprint density at radius 3 is 2.75 bits per heavy atom. The largest absolute Gasteiger partial charge is 0.469 e. The van der Waals surface area contributed by atoms with Gasteiger partial charge < -0.3 is 14.8 Å². The van der Waals surface area contributed by atoms with Crippen molar-refractivity contribution in [1.29, 1.82) is 0 Å². The number of amides is 1. The van der Waals surface area contributed by atoms with Crippen molar-refractivity contribution < 1.29 is 37.5 Å². The van der Waals surface area contributed by atoms with Gasteiger partial charge in [-0.3, -0.25) is 23.4 Å². The van der Waals surface area contributed by atoms with Crippen LogP contribution in [0.1, 0.15) is 37.8 Å². The molecule has 3 atom stereocenters. The summed E-state index contributed by atoms with van der Waals surface area (Å²) in [5.41, 5.74) is 1.83. The maximum absolute atomic E-state index is 13.1. The number of rotatable bonds is 10. The van der Waals surface area contributed by atoms with E-state index >= 15 is 0 Å². The Morgan fingerprint density at radius 2 is 2.12 bits per heavy atom. The summed E-state index contributed by atoms with van der Waals surface area (Å²) in [5.74, 6) is -1.64. The smallest absolute Gasteiger partial charge is 0.407 e. The Labute approximate surface area is 191 Å². The lowest BCUT2D eigenvalue weighted by atomic mass is 9.87. The molecule has 1 aliphatic heterocycles. The van der Waals surface area contributed by atoms with Crippen LogP contribution in [0, 0.1) is 12.3 Å². The summed E-state index contributed by atoms with van der Waals surface area (Å²) in [5, 5.41) is 5.10. The highest BCUT2D eigenvalue weighted by atomic mass is 32.1. The molecule has 0 saturated carbocycles. The molecule has 13 heteroatoms. The van der Waals surface area contributed by atoms with Crippen LogP contribution >= 0.6 is 19.1 Å². The second kappa shape index (κ2) is 11.3. The first-order chi connectivity index (χ1) is 15.0. The lowest BCUT2D eigenvalue weighted by molar-refractivity contribution is -0.145. The Kier molecular flexibility index (Phi) is 9.35. The first-order valence-electron chi connectivity index (χ1n) is 10.1. The van der Waals surface area contributed by atoms with Crippen LogP contribution in [0.3, 0.4) is 0 Å². The molecule has 1 amide bonds. The van der Waals surface area contributed by atoms with Crippen molar-refractivity contribution in [2.24, 2.45) is 5.41 Å². The molecule has 2 rings (SSSR count). The fourth-order valence-corrected chi connectivity index (χ4v) is 5.52. The van der Waals surface area contributed by atoms with Gasteiger partial charge in [0.25, 0.3) is 0 Å². The molecule has 2 heterocycles. The quantitative estimate of drug-likeness (QED) is 0.367. The van der Waals surface area contributed by atoms with Crippen LogP contribution in [-0.2, 0) is 43.9 Å². The van der Waals surface area contributed by atoms with E-state index in [4.69, 9.17) is 13.8 Å². The maximum Gasteiger partial charge on any atom is 0.407 e. The molecular formula is C19H30N3O8PS. The molecule has 1 fully saturated rings. The van der Waals surface area contributed by atoms with Gasteiger partial charge in [0.2, 0.25) is 5.91 Å². The first-order valence-corrected chi connectivity index (χ1v) is 12.5. The molecule has 0 radical (unpaired) electrons. The number of carbonyl (C=O) groups is 3. The number of nitrogens with one attached hydrogen (secondary N) is 2. The van der Waals surface area contributed by atoms with E-state index in [2.05, 4.69) is 20.1 Å². The molecule has 32 heavy (non-hydrogen) atoms. The van der Waals surface area contributed by atoms with Gasteiger partial charge >= 0.3 is 19.7 Å². The lowest BCUT2D eigenvalue weighted by Gasteiger charge is -2.40. The summed E-state index contributed by atoms with van der Waals surface area (Å²) in [4.78, 5) is 41.3. The zero-order valence-electron chi connectivity index (χ0n) is 18.8. The highest BCUT2D eigenvalue weighted by molar-refractivity contribution is 7.51. The van der Waals surface area contributed by atoms with Crippen molar-refractivity contribution in [3.63, 3.8) is 0 Å². The van der Waals surface area contributed by atoms with Crippen molar-refractivity contribution in [2.45, 2.75) is 52.7 Å². The van der Waals surface area contributed by atoms with Crippen LogP contribution < -0.4 is 10.4 Å². The number of hydrogen-bond acceptors (Lipinski definition) is 10. The third-order valence-corrected chi connectivity index (χ3v) is 7.43. The molecule has 0 spiro atoms. The summed E-state index contributed by atoms with van der Waals surface area (Å²) in [6.45, 7) is 6.95. The zero-order valence-corrected chi connectivity index (χ0v) is 20.5. The number of aromatic nitrogens is 1. The summed E-state index contributed by atoms with van der Waals surface area (Å²) >= 11 is 1.48. The molecule has 2 N–H and O–H groups in total. The minimum atomic E-state index is -3.97. The molecule has 11 nitrogen and oxygen atoms in total. The molecule has 0 bridgehead atoms. The Balaban J connectivity index is 1.90. The molecule has 180 valence electrons. The van der Waals surface area contributed by atoms with Crippen LogP contribution in [-0.4, -0.2) is 61.8 Å². The van der Waals surface area contributed by atoms with Gasteiger partial charge in [0.1, 0.15) is 6.04 Å². The van der Waals surface area contributed by atoms with Gasteiger partial charge in [-0.25, -0.2) is 14.6 Å². The van der Waals surface area contributed by atoms with Gasteiger partial charge in [-0.2, -0.15) is 0 Å². The standard InChI is InChI=1S/C19H30N3O8PS/c1-12-14(32-11-21-12)7-9-28-18(25)13(2)22-31(26)29-10-19(3,4)16(30-31)17(24)20-8-6-15(23)27-5/h11,13,16H,6-10H2,1-5H3,(H,20,24)(H,22,26)/t13?,16-,31?/m0/s1. The number of nitrogens with zero attached hydrogens (tertiary/aromatic N) is 1. The molecule has 1 aromatic rings. The number of thiazole rings is 1. The molecule has 1 aromatic heterocycles. The SMILES string of the molecule is COC(=O)CCNC(=O)[C@@H]1OP(=O)(NC(C)C(=O)OCCc2scnc2C)OCC1(C)C. The monoisotopic (exact) mass is 491 g/mol. The topological polar surface area (TPSA) is 142 Å². The van der Waals surface area contributed by atoms with Crippen molar-refractivity contribution >= 4 is 36.9 Å². The van der Waals surface area contributed by atoms with E-state index in [9.17, 15) is 18.9 Å². The maximum atomic E-state index is 13.1. The molecule has 2 unspecified atom stereocenters. The summed E-state index contributed by atoms with van der Waals surface area (Å²) < 4.78 is 33.7. The second-order valence-electron chi connectivity index (χ2n) is 7.99. The fourth-order valence-electron chi connectivity index (χ4n) is 2.82. The van der Waals surface area contributed by atoms with Crippen LogP contribution in [0.25, 0.3) is 0 Å². The van der Waals surface area contributed by atoms with E-state index in [1.54, 1.807) is 19.4 Å². The Hall–Kier alpha value is -1.85. The van der Waals surface area contributed by atoms with Crippen molar-refractivity contribution in [3.8, 4) is 0 Å². The average molecular weight is 492 g/mol. The molecule has 1 aliphatic rings. The number of methoxy groups -OCH3 is 1. The Bertz CT molecular complexity index is 875. The fraction of sp³-hybridized carbons (Fsp3) is 0.684. The van der Waals surface area contributed by atoms with Crippen molar-refractivity contribution in [3.05, 3.63) is 16.1 Å². The van der Waals surface area contributed by atoms with Gasteiger partial charge in [-0.1, -0.05) is 13.8 Å². The van der Waals surface area contributed by atoms with Gasteiger partial charge in [-0.15, -0.1) is 11.3 Å². The summed E-state index contributed by atoms with van der Waals surface area (Å²) in [7, 11) is -2.72. The van der Waals surface area contributed by atoms with Crippen molar-refractivity contribution in [1.82, 2.24) is 15.4 Å². The van der Waals surface area contributed by atoms with Gasteiger partial charge in [0.15, 0.2) is 6.10 Å². The number of hydrogen-bond donors (Lipinski definition) is 2. The van der Waals surface area contributed by atoms with Crippen LogP contribution in [0.4, 0.5) is 0 Å². The predicted molar refractivity (Wildman–Crippen MR) is 116 cm³/mol. The molecule has 0 aromatic carbocycles. The van der Waals surface area contributed by atoms with E-state index in [0.29, 0.717) is 6.42 Å². The molecule has 0 aliphatic carbocycles. The third-order valence-electron chi connectivity index (χ3n) is 4.78. The van der Waals surface area contributed by atoms with E-state index in [1.807, 2.05) is 6.92 Å². The zero-order chi connectivity index (χ0) is 23.9. The van der Waals surface area contributed by atoms with E-state index < -0.39 is 43.2 Å². The summed E-state index contributed by atoms with van der Waals surface area (Å²) in [6.07, 6.45) is -0.599. The van der Waals surface area contributed by atoms with Crippen LogP contribution in [0.15, 0.2) is 5.51 Å². The normalized spacial score (nSPS) is 23.2. The number of ether oxygens (including phenoxy) is 2. The van der Waals surface area contributed by atoms with E-state index in [0.717, 1.165) is 10.6 Å². The number of esters is 2. The molecular weight excluding hydrogens is 461 g/mol. The third kappa shape index (κ3) is 7.35. The highest BCUT2D eigenvalue weighted by Gasteiger charge is 2.49. The van der Waals surface area contributed by atoms with Gasteiger partial charge in [0, 0.05) is 23.3 Å². The summed E-state index contributed by atoms with van der Waals surface area (Å²) in [6, 6.07) is -0.993. The minimum Gasteiger partial charge on any atom is -0.469 e. The lowest BCUT2D eigenvalue weighted by Crippen LogP contribution is -2.51. The predicted octanol–water partition coefficient (Wildman–Crippen LogP) is 1.74. The van der Waals surface area contributed by atoms with Crippen LogP contribution in [0.2, 0.25) is 0 Å². The number of carbonyl (C=O) groups excluding carboxylic acids is 3. The van der Waals surface area contributed by atoms with Crippen LogP contribution in [0.5, 0.6) is 0 Å². The minimum absolute atomic E-state index is 0.00820. The van der Waals surface area contributed by atoms with Gasteiger partial charge in [-0.05, 0) is 13.8 Å². The average Bonchev–Trinajstić information content (AvgIpc) is 3.14. The number of aryl methyl sites for hydroxylation is 1. The first kappa shape index (κ1) is 26.4.